The Morgan fingerprint density at radius 1 is 1.33 bits per heavy atom. The lowest BCUT2D eigenvalue weighted by Crippen LogP contribution is -2.43. The molecule has 0 aromatic carbocycles. The first-order chi connectivity index (χ1) is 6.99. The SMILES string of the molecule is CCN(CC)CC(C)NC(=O)CC(C)N. The molecule has 0 heterocycles. The fraction of sp³-hybridized carbons (Fsp3) is 0.909. The summed E-state index contributed by atoms with van der Waals surface area (Å²) in [7, 11) is 0. The second-order valence-electron chi connectivity index (χ2n) is 4.14. The second-order valence-corrected chi connectivity index (χ2v) is 4.14. The van der Waals surface area contributed by atoms with Crippen molar-refractivity contribution in [1.82, 2.24) is 10.2 Å². The van der Waals surface area contributed by atoms with Gasteiger partial charge in [-0.1, -0.05) is 13.8 Å². The minimum absolute atomic E-state index is 0.0460. The van der Waals surface area contributed by atoms with Crippen LogP contribution in [0.1, 0.15) is 34.1 Å². The van der Waals surface area contributed by atoms with Crippen molar-refractivity contribution in [2.45, 2.75) is 46.2 Å². The highest BCUT2D eigenvalue weighted by Crippen LogP contribution is 1.93. The molecular weight excluding hydrogens is 190 g/mol. The first-order valence-electron chi connectivity index (χ1n) is 5.76. The topological polar surface area (TPSA) is 58.4 Å². The normalized spacial score (nSPS) is 15.1. The molecule has 0 aliphatic carbocycles. The Morgan fingerprint density at radius 3 is 2.27 bits per heavy atom. The highest BCUT2D eigenvalue weighted by molar-refractivity contribution is 5.76. The number of hydrogen-bond acceptors (Lipinski definition) is 3. The number of carbonyl (C=O) groups is 1. The van der Waals surface area contributed by atoms with E-state index in [0.717, 1.165) is 19.6 Å². The summed E-state index contributed by atoms with van der Waals surface area (Å²) in [6.07, 6.45) is 0.405. The molecule has 0 aliphatic rings. The van der Waals surface area contributed by atoms with E-state index in [-0.39, 0.29) is 18.0 Å². The molecule has 0 aromatic rings. The Bertz CT molecular complexity index is 179. The number of likely N-dealkylation sites (N-methyl/N-ethyl adjacent to an activating group) is 1. The molecule has 0 rings (SSSR count). The number of carbonyl (C=O) groups excluding carboxylic acids is 1. The van der Waals surface area contributed by atoms with Crippen molar-refractivity contribution in [3.05, 3.63) is 0 Å². The van der Waals surface area contributed by atoms with Gasteiger partial charge >= 0.3 is 0 Å². The molecule has 1 amide bonds. The van der Waals surface area contributed by atoms with E-state index < -0.39 is 0 Å². The second kappa shape index (κ2) is 7.65. The van der Waals surface area contributed by atoms with Gasteiger partial charge in [-0.2, -0.15) is 0 Å². The average molecular weight is 215 g/mol. The summed E-state index contributed by atoms with van der Waals surface area (Å²) < 4.78 is 0. The third-order valence-corrected chi connectivity index (χ3v) is 2.34. The number of nitrogens with zero attached hydrogens (tertiary/aromatic N) is 1. The first kappa shape index (κ1) is 14.4. The summed E-state index contributed by atoms with van der Waals surface area (Å²) in [4.78, 5) is 13.7. The van der Waals surface area contributed by atoms with Crippen molar-refractivity contribution in [2.75, 3.05) is 19.6 Å². The molecule has 0 bridgehead atoms. The Kier molecular flexibility index (Phi) is 7.34. The number of rotatable bonds is 7. The van der Waals surface area contributed by atoms with Crippen LogP contribution in [-0.4, -0.2) is 42.5 Å². The van der Waals surface area contributed by atoms with E-state index in [2.05, 4.69) is 24.1 Å². The van der Waals surface area contributed by atoms with Gasteiger partial charge in [-0.15, -0.1) is 0 Å². The fourth-order valence-electron chi connectivity index (χ4n) is 1.54. The number of nitrogens with one attached hydrogen (secondary N) is 1. The van der Waals surface area contributed by atoms with Crippen LogP contribution in [0, 0.1) is 0 Å². The van der Waals surface area contributed by atoms with Gasteiger partial charge in [-0.3, -0.25) is 4.79 Å². The quantitative estimate of drug-likeness (QED) is 0.653. The maximum Gasteiger partial charge on any atom is 0.221 e. The third kappa shape index (κ3) is 7.33. The van der Waals surface area contributed by atoms with Gasteiger partial charge in [0.05, 0.1) is 0 Å². The molecule has 4 heteroatoms. The Labute approximate surface area is 93.2 Å². The lowest BCUT2D eigenvalue weighted by atomic mass is 10.2. The zero-order chi connectivity index (χ0) is 11.8. The fourth-order valence-corrected chi connectivity index (χ4v) is 1.54. The van der Waals surface area contributed by atoms with Crippen LogP contribution in [0.25, 0.3) is 0 Å². The monoisotopic (exact) mass is 215 g/mol. The van der Waals surface area contributed by atoms with Crippen molar-refractivity contribution in [1.29, 1.82) is 0 Å². The molecule has 0 fully saturated rings. The standard InChI is InChI=1S/C11H25N3O/c1-5-14(6-2)8-10(4)13-11(15)7-9(3)12/h9-10H,5-8,12H2,1-4H3,(H,13,15). The van der Waals surface area contributed by atoms with Crippen LogP contribution in [0.15, 0.2) is 0 Å². The third-order valence-electron chi connectivity index (χ3n) is 2.34. The summed E-state index contributed by atoms with van der Waals surface area (Å²) in [5, 5.41) is 2.95. The van der Waals surface area contributed by atoms with Crippen molar-refractivity contribution in [2.24, 2.45) is 5.73 Å². The predicted octanol–water partition coefficient (Wildman–Crippen LogP) is 0.570. The molecule has 3 N–H and O–H groups in total. The van der Waals surface area contributed by atoms with Crippen molar-refractivity contribution < 1.29 is 4.79 Å². The van der Waals surface area contributed by atoms with E-state index in [1.54, 1.807) is 0 Å². The van der Waals surface area contributed by atoms with Gasteiger partial charge in [-0.05, 0) is 26.9 Å². The molecule has 2 atom stereocenters. The lowest BCUT2D eigenvalue weighted by Gasteiger charge is -2.23. The van der Waals surface area contributed by atoms with Gasteiger partial charge in [0, 0.05) is 25.0 Å². The maximum atomic E-state index is 11.4. The van der Waals surface area contributed by atoms with Crippen LogP contribution in [0.5, 0.6) is 0 Å². The summed E-state index contributed by atoms with van der Waals surface area (Å²) in [6, 6.07) is 0.127. The molecular formula is C11H25N3O. The highest BCUT2D eigenvalue weighted by Gasteiger charge is 2.11. The summed E-state index contributed by atoms with van der Waals surface area (Å²) in [5.74, 6) is 0.0460. The summed E-state index contributed by atoms with van der Waals surface area (Å²) >= 11 is 0. The van der Waals surface area contributed by atoms with Crippen LogP contribution in [-0.2, 0) is 4.79 Å². The largest absolute Gasteiger partial charge is 0.352 e. The van der Waals surface area contributed by atoms with Gasteiger partial charge in [0.25, 0.3) is 0 Å². The predicted molar refractivity (Wildman–Crippen MR) is 63.7 cm³/mol. The molecule has 2 unspecified atom stereocenters. The highest BCUT2D eigenvalue weighted by atomic mass is 16.1. The Hall–Kier alpha value is -0.610. The summed E-state index contributed by atoms with van der Waals surface area (Å²) in [5.41, 5.74) is 5.55. The minimum Gasteiger partial charge on any atom is -0.352 e. The van der Waals surface area contributed by atoms with Crippen LogP contribution in [0.2, 0.25) is 0 Å². The zero-order valence-electron chi connectivity index (χ0n) is 10.4. The Balaban J connectivity index is 3.81. The van der Waals surface area contributed by atoms with E-state index in [1.165, 1.54) is 0 Å². The summed E-state index contributed by atoms with van der Waals surface area (Å²) in [6.45, 7) is 11.1. The van der Waals surface area contributed by atoms with Gasteiger partial charge in [0.2, 0.25) is 5.91 Å². The van der Waals surface area contributed by atoms with Gasteiger partial charge in [0.1, 0.15) is 0 Å². The van der Waals surface area contributed by atoms with E-state index in [9.17, 15) is 4.79 Å². The first-order valence-corrected chi connectivity index (χ1v) is 5.76. The molecule has 90 valence electrons. The molecule has 0 aromatic heterocycles. The molecule has 0 radical (unpaired) electrons. The number of nitrogens with two attached hydrogens (primary N) is 1. The number of hydrogen-bond donors (Lipinski definition) is 2. The van der Waals surface area contributed by atoms with Crippen LogP contribution in [0.4, 0.5) is 0 Å². The molecule has 0 aliphatic heterocycles. The van der Waals surface area contributed by atoms with E-state index in [0.29, 0.717) is 6.42 Å². The Morgan fingerprint density at radius 2 is 1.87 bits per heavy atom. The molecule has 0 saturated carbocycles. The van der Waals surface area contributed by atoms with E-state index >= 15 is 0 Å². The molecule has 0 saturated heterocycles. The molecule has 0 spiro atoms. The van der Waals surface area contributed by atoms with Crippen LogP contribution < -0.4 is 11.1 Å². The van der Waals surface area contributed by atoms with E-state index in [4.69, 9.17) is 5.73 Å². The van der Waals surface area contributed by atoms with Crippen molar-refractivity contribution in [3.8, 4) is 0 Å². The minimum atomic E-state index is -0.0642. The molecule has 4 nitrogen and oxygen atoms in total. The van der Waals surface area contributed by atoms with Gasteiger partial charge < -0.3 is 16.0 Å². The van der Waals surface area contributed by atoms with Gasteiger partial charge in [0.15, 0.2) is 0 Å². The van der Waals surface area contributed by atoms with Crippen LogP contribution in [0.3, 0.4) is 0 Å². The van der Waals surface area contributed by atoms with Gasteiger partial charge in [-0.25, -0.2) is 0 Å². The van der Waals surface area contributed by atoms with Crippen molar-refractivity contribution in [3.63, 3.8) is 0 Å². The van der Waals surface area contributed by atoms with E-state index in [1.807, 2.05) is 13.8 Å². The smallest absolute Gasteiger partial charge is 0.221 e. The maximum absolute atomic E-state index is 11.4. The average Bonchev–Trinajstić information content (AvgIpc) is 2.12. The number of amides is 1. The van der Waals surface area contributed by atoms with Crippen molar-refractivity contribution >= 4 is 5.91 Å². The van der Waals surface area contributed by atoms with Crippen LogP contribution >= 0.6 is 0 Å². The zero-order valence-corrected chi connectivity index (χ0v) is 10.4. The molecule has 15 heavy (non-hydrogen) atoms. The lowest BCUT2D eigenvalue weighted by molar-refractivity contribution is -0.122.